The molecule has 170 valence electrons. The summed E-state index contributed by atoms with van der Waals surface area (Å²) in [4.78, 5) is 15.4. The van der Waals surface area contributed by atoms with Gasteiger partial charge >= 0.3 is 0 Å². The number of morpholine rings is 1. The van der Waals surface area contributed by atoms with Crippen LogP contribution in [0.4, 0.5) is 0 Å². The van der Waals surface area contributed by atoms with Crippen molar-refractivity contribution in [3.05, 3.63) is 65.9 Å². The molecule has 10 heteroatoms. The Hall–Kier alpha value is -3.05. The maximum atomic E-state index is 13.6. The van der Waals surface area contributed by atoms with Crippen LogP contribution in [-0.2, 0) is 25.1 Å². The van der Waals surface area contributed by atoms with Gasteiger partial charge in [-0.2, -0.15) is 5.10 Å². The molecule has 1 aromatic heterocycles. The molecule has 1 N–H and O–H groups in total. The number of fused-ring (bicyclic) bond motifs is 5. The van der Waals surface area contributed by atoms with Crippen LogP contribution < -0.4 is 0 Å². The number of nitrogens with zero attached hydrogens (tertiary/aromatic N) is 3. The number of aromatic nitrogens is 2. The van der Waals surface area contributed by atoms with Crippen LogP contribution in [0.25, 0.3) is 16.9 Å². The van der Waals surface area contributed by atoms with Crippen LogP contribution in [-0.4, -0.2) is 72.3 Å². The molecule has 0 radical (unpaired) electrons. The summed E-state index contributed by atoms with van der Waals surface area (Å²) in [5.74, 6) is -0.684. The maximum absolute atomic E-state index is 13.6. The van der Waals surface area contributed by atoms with E-state index in [-0.39, 0.29) is 41.9 Å². The van der Waals surface area contributed by atoms with E-state index < -0.39 is 28.3 Å². The summed E-state index contributed by atoms with van der Waals surface area (Å²) < 4.78 is 39.2. The van der Waals surface area contributed by atoms with Crippen molar-refractivity contribution in [1.29, 1.82) is 0 Å². The van der Waals surface area contributed by atoms with E-state index in [1.54, 1.807) is 33.8 Å². The van der Waals surface area contributed by atoms with Gasteiger partial charge in [-0.1, -0.05) is 36.4 Å². The Bertz CT molecular complexity index is 1350. The second-order valence-corrected chi connectivity index (χ2v) is 10.3. The summed E-state index contributed by atoms with van der Waals surface area (Å²) >= 11 is 0. The van der Waals surface area contributed by atoms with Gasteiger partial charge in [0, 0.05) is 11.1 Å². The van der Waals surface area contributed by atoms with Crippen LogP contribution in [0, 0.1) is 0 Å². The third-order valence-corrected chi connectivity index (χ3v) is 8.00. The molecule has 3 atom stereocenters. The van der Waals surface area contributed by atoms with E-state index >= 15 is 0 Å². The minimum atomic E-state index is -3.64. The monoisotopic (exact) mass is 467 g/mol. The SMILES string of the molecule is O=C(c1nn(-c2ccccc2)c2c1CS(=O)(=O)c1ccccc1-2)N1CC2OC(CO)C(C1)O2. The molecule has 1 amide bonds. The number of carbonyl (C=O) groups is 1. The number of hydrogen-bond acceptors (Lipinski definition) is 7. The van der Waals surface area contributed by atoms with Gasteiger partial charge in [-0.15, -0.1) is 0 Å². The molecule has 0 saturated carbocycles. The van der Waals surface area contributed by atoms with E-state index in [9.17, 15) is 18.3 Å². The Morgan fingerprint density at radius 1 is 1.06 bits per heavy atom. The van der Waals surface area contributed by atoms with Gasteiger partial charge in [0.05, 0.1) is 41.7 Å². The predicted molar refractivity (Wildman–Crippen MR) is 116 cm³/mol. The van der Waals surface area contributed by atoms with E-state index in [4.69, 9.17) is 9.47 Å². The lowest BCUT2D eigenvalue weighted by molar-refractivity contribution is -0.104. The van der Waals surface area contributed by atoms with Gasteiger partial charge in [-0.3, -0.25) is 4.79 Å². The van der Waals surface area contributed by atoms with Crippen LogP contribution in [0.15, 0.2) is 59.5 Å². The Kier molecular flexibility index (Phi) is 4.66. The van der Waals surface area contributed by atoms with Gasteiger partial charge in [-0.05, 0) is 18.2 Å². The van der Waals surface area contributed by atoms with Crippen LogP contribution in [0.2, 0.25) is 0 Å². The van der Waals surface area contributed by atoms with Crippen LogP contribution in [0.1, 0.15) is 16.1 Å². The average molecular weight is 468 g/mol. The first-order valence-corrected chi connectivity index (χ1v) is 12.3. The number of aliphatic hydroxyl groups is 1. The van der Waals surface area contributed by atoms with E-state index in [0.717, 1.165) is 5.69 Å². The fraction of sp³-hybridized carbons (Fsp3) is 0.304. The summed E-state index contributed by atoms with van der Waals surface area (Å²) in [6.45, 7) is 0.218. The highest BCUT2D eigenvalue weighted by atomic mass is 32.2. The van der Waals surface area contributed by atoms with Crippen molar-refractivity contribution < 1.29 is 27.8 Å². The molecule has 2 saturated heterocycles. The van der Waals surface area contributed by atoms with Gasteiger partial charge in [0.1, 0.15) is 12.2 Å². The first kappa shape index (κ1) is 20.5. The normalized spacial score (nSPS) is 24.9. The van der Waals surface area contributed by atoms with Crippen LogP contribution >= 0.6 is 0 Å². The third kappa shape index (κ3) is 3.21. The zero-order valence-corrected chi connectivity index (χ0v) is 18.3. The molecule has 0 aliphatic carbocycles. The number of aliphatic hydroxyl groups excluding tert-OH is 1. The van der Waals surface area contributed by atoms with Crippen molar-refractivity contribution in [3.8, 4) is 16.9 Å². The summed E-state index contributed by atoms with van der Waals surface area (Å²) in [5.41, 5.74) is 2.36. The zero-order chi connectivity index (χ0) is 22.7. The van der Waals surface area contributed by atoms with Gasteiger partial charge in [-0.25, -0.2) is 13.1 Å². The van der Waals surface area contributed by atoms with Crippen molar-refractivity contribution in [3.63, 3.8) is 0 Å². The molecule has 2 fully saturated rings. The lowest BCUT2D eigenvalue weighted by Gasteiger charge is -2.30. The van der Waals surface area contributed by atoms with E-state index in [2.05, 4.69) is 5.10 Å². The van der Waals surface area contributed by atoms with Crippen molar-refractivity contribution >= 4 is 15.7 Å². The number of amides is 1. The zero-order valence-electron chi connectivity index (χ0n) is 17.5. The highest BCUT2D eigenvalue weighted by Crippen LogP contribution is 2.41. The Balaban J connectivity index is 1.50. The lowest BCUT2D eigenvalue weighted by atomic mass is 10.0. The standard InChI is InChI=1S/C23H21N3O6S/c27-12-18-17-10-25(11-20(31-17)32-18)23(28)21-16-13-33(29,30)19-9-5-4-8-15(19)22(16)26(24-21)14-6-2-1-3-7-14/h1-9,17-18,20,27H,10-13H2. The molecule has 9 nitrogen and oxygen atoms in total. The van der Waals surface area contributed by atoms with Crippen molar-refractivity contribution in [2.45, 2.75) is 29.1 Å². The van der Waals surface area contributed by atoms with E-state index in [0.29, 0.717) is 16.8 Å². The highest BCUT2D eigenvalue weighted by Gasteiger charge is 2.45. The fourth-order valence-electron chi connectivity index (χ4n) is 4.78. The molecular formula is C23H21N3O6S. The molecule has 3 aliphatic rings. The maximum Gasteiger partial charge on any atom is 0.274 e. The number of benzene rings is 2. The minimum Gasteiger partial charge on any atom is -0.394 e. The Labute approximate surface area is 190 Å². The number of carbonyl (C=O) groups excluding carboxylic acids is 1. The number of sulfone groups is 1. The Morgan fingerprint density at radius 2 is 1.82 bits per heavy atom. The van der Waals surface area contributed by atoms with Crippen molar-refractivity contribution in [2.75, 3.05) is 19.7 Å². The number of hydrogen-bond donors (Lipinski definition) is 1. The van der Waals surface area contributed by atoms with Gasteiger partial charge in [0.2, 0.25) is 0 Å². The molecule has 2 bridgehead atoms. The number of rotatable bonds is 3. The largest absolute Gasteiger partial charge is 0.394 e. The highest BCUT2D eigenvalue weighted by molar-refractivity contribution is 7.90. The number of ether oxygens (including phenoxy) is 2. The van der Waals surface area contributed by atoms with Gasteiger partial charge in [0.25, 0.3) is 5.91 Å². The summed E-state index contributed by atoms with van der Waals surface area (Å²) in [6.07, 6.45) is -1.55. The first-order valence-electron chi connectivity index (χ1n) is 10.7. The summed E-state index contributed by atoms with van der Waals surface area (Å²) in [7, 11) is -3.64. The van der Waals surface area contributed by atoms with Crippen molar-refractivity contribution in [2.24, 2.45) is 0 Å². The molecule has 4 heterocycles. The molecule has 3 aliphatic heterocycles. The fourth-order valence-corrected chi connectivity index (χ4v) is 6.38. The summed E-state index contributed by atoms with van der Waals surface area (Å²) in [5, 5.41) is 14.1. The minimum absolute atomic E-state index is 0.105. The molecule has 33 heavy (non-hydrogen) atoms. The van der Waals surface area contributed by atoms with Gasteiger partial charge < -0.3 is 19.5 Å². The van der Waals surface area contributed by atoms with E-state index in [1.807, 2.05) is 30.3 Å². The topological polar surface area (TPSA) is 111 Å². The summed E-state index contributed by atoms with van der Waals surface area (Å²) in [6, 6.07) is 16.1. The predicted octanol–water partition coefficient (Wildman–Crippen LogP) is 1.38. The molecule has 2 aromatic carbocycles. The second-order valence-electron chi connectivity index (χ2n) is 8.35. The smallest absolute Gasteiger partial charge is 0.274 e. The van der Waals surface area contributed by atoms with Crippen LogP contribution in [0.5, 0.6) is 0 Å². The second kappa shape index (κ2) is 7.49. The molecular weight excluding hydrogens is 446 g/mol. The first-order chi connectivity index (χ1) is 16.0. The quantitative estimate of drug-likeness (QED) is 0.620. The molecule has 0 spiro atoms. The Morgan fingerprint density at radius 3 is 2.61 bits per heavy atom. The average Bonchev–Trinajstić information content (AvgIpc) is 3.35. The van der Waals surface area contributed by atoms with Crippen LogP contribution in [0.3, 0.4) is 0 Å². The lowest BCUT2D eigenvalue weighted by Crippen LogP contribution is -2.47. The molecule has 3 aromatic rings. The van der Waals surface area contributed by atoms with E-state index in [1.165, 1.54) is 0 Å². The molecule has 3 unspecified atom stereocenters. The molecule has 6 rings (SSSR count). The van der Waals surface area contributed by atoms with Gasteiger partial charge in [0.15, 0.2) is 21.8 Å². The third-order valence-electron chi connectivity index (χ3n) is 6.30. The van der Waals surface area contributed by atoms with Crippen molar-refractivity contribution in [1.82, 2.24) is 14.7 Å². The number of para-hydroxylation sites is 1.